The van der Waals surface area contributed by atoms with Crippen molar-refractivity contribution in [3.05, 3.63) is 16.5 Å². The molecule has 0 spiro atoms. The number of rotatable bonds is 2. The van der Waals surface area contributed by atoms with Gasteiger partial charge in [-0.15, -0.1) is 11.3 Å². The lowest BCUT2D eigenvalue weighted by molar-refractivity contribution is 0.0761. The number of likely N-dealkylation sites (N-methyl/N-ethyl adjacent to an activating group) is 1. The molecule has 0 amide bonds. The highest BCUT2D eigenvalue weighted by atomic mass is 32.1. The maximum absolute atomic E-state index is 11.1. The van der Waals surface area contributed by atoms with Gasteiger partial charge >= 0.3 is 6.16 Å². The molecular formula is C12H17NO4S. The summed E-state index contributed by atoms with van der Waals surface area (Å²) in [5.74, 6) is 0. The van der Waals surface area contributed by atoms with Crippen molar-refractivity contribution in [2.45, 2.75) is 12.5 Å². The molecule has 1 aromatic heterocycles. The Morgan fingerprint density at radius 3 is 2.94 bits per heavy atom. The molecule has 2 heterocycles. The van der Waals surface area contributed by atoms with E-state index in [1.165, 1.54) is 23.3 Å². The van der Waals surface area contributed by atoms with Gasteiger partial charge < -0.3 is 19.1 Å². The van der Waals surface area contributed by atoms with E-state index < -0.39 is 6.16 Å². The quantitative estimate of drug-likeness (QED) is 0.771. The lowest BCUT2D eigenvalue weighted by Crippen LogP contribution is -2.24. The van der Waals surface area contributed by atoms with Crippen molar-refractivity contribution in [2.24, 2.45) is 0 Å². The van der Waals surface area contributed by atoms with Crippen LogP contribution in [-0.4, -0.2) is 45.4 Å². The Labute approximate surface area is 110 Å². The summed E-state index contributed by atoms with van der Waals surface area (Å²) in [5.41, 5.74) is 1.12. The van der Waals surface area contributed by atoms with Gasteiger partial charge in [0.15, 0.2) is 5.06 Å². The highest BCUT2D eigenvalue weighted by Crippen LogP contribution is 2.36. The summed E-state index contributed by atoms with van der Waals surface area (Å²) in [5, 5.41) is 0.568. The minimum Gasteiger partial charge on any atom is -0.437 e. The number of nitrogens with zero attached hydrogens (tertiary/aromatic N) is 1. The maximum atomic E-state index is 11.1. The second-order valence-electron chi connectivity index (χ2n) is 4.24. The van der Waals surface area contributed by atoms with E-state index in [4.69, 9.17) is 9.47 Å². The molecule has 18 heavy (non-hydrogen) atoms. The van der Waals surface area contributed by atoms with E-state index in [9.17, 15) is 4.79 Å². The first-order valence-electron chi connectivity index (χ1n) is 5.73. The second-order valence-corrected chi connectivity index (χ2v) is 5.34. The maximum Gasteiger partial charge on any atom is 0.514 e. The molecule has 0 aromatic carbocycles. The van der Waals surface area contributed by atoms with Gasteiger partial charge in [-0.1, -0.05) is 0 Å². The monoisotopic (exact) mass is 271 g/mol. The van der Waals surface area contributed by atoms with E-state index in [-0.39, 0.29) is 6.10 Å². The highest BCUT2D eigenvalue weighted by Gasteiger charge is 2.24. The molecule has 0 N–H and O–H groups in total. The van der Waals surface area contributed by atoms with E-state index in [0.717, 1.165) is 25.1 Å². The standard InChI is InChI=1S/C12H17NO4S/c1-13-5-4-10-8(9(7-13)15-2)6-11(18-10)17-12(14)16-3/h6,9H,4-5,7H2,1-3H3. The molecule has 1 atom stereocenters. The average molecular weight is 271 g/mol. The molecule has 1 unspecified atom stereocenters. The van der Waals surface area contributed by atoms with E-state index in [1.807, 2.05) is 6.07 Å². The normalized spacial score (nSPS) is 20.1. The Kier molecular flexibility index (Phi) is 4.21. The summed E-state index contributed by atoms with van der Waals surface area (Å²) in [7, 11) is 5.08. The fraction of sp³-hybridized carbons (Fsp3) is 0.583. The predicted molar refractivity (Wildman–Crippen MR) is 68.3 cm³/mol. The van der Waals surface area contributed by atoms with Crippen LogP contribution in [0.1, 0.15) is 16.5 Å². The molecule has 5 nitrogen and oxygen atoms in total. The molecule has 0 radical (unpaired) electrons. The lowest BCUT2D eigenvalue weighted by atomic mass is 10.1. The molecule has 0 aliphatic carbocycles. The number of hydrogen-bond acceptors (Lipinski definition) is 6. The van der Waals surface area contributed by atoms with Crippen LogP contribution in [0, 0.1) is 0 Å². The summed E-state index contributed by atoms with van der Waals surface area (Å²) in [6.45, 7) is 1.82. The Morgan fingerprint density at radius 1 is 1.50 bits per heavy atom. The summed E-state index contributed by atoms with van der Waals surface area (Å²) < 4.78 is 15.1. The molecular weight excluding hydrogens is 254 g/mol. The summed E-state index contributed by atoms with van der Waals surface area (Å²) in [6, 6.07) is 1.88. The van der Waals surface area contributed by atoms with Crippen molar-refractivity contribution in [2.75, 3.05) is 34.4 Å². The Hall–Kier alpha value is -1.11. The number of hydrogen-bond donors (Lipinski definition) is 0. The van der Waals surface area contributed by atoms with Gasteiger partial charge in [-0.05, 0) is 25.1 Å². The van der Waals surface area contributed by atoms with Crippen molar-refractivity contribution in [3.8, 4) is 5.06 Å². The number of carbonyl (C=O) groups is 1. The third kappa shape index (κ3) is 2.82. The van der Waals surface area contributed by atoms with Gasteiger partial charge in [-0.3, -0.25) is 0 Å². The van der Waals surface area contributed by atoms with Crippen molar-refractivity contribution >= 4 is 17.5 Å². The second kappa shape index (κ2) is 5.69. The summed E-state index contributed by atoms with van der Waals surface area (Å²) >= 11 is 1.48. The van der Waals surface area contributed by atoms with E-state index >= 15 is 0 Å². The SMILES string of the molecule is COC(=O)Oc1cc2c(s1)CCN(C)CC2OC. The first-order chi connectivity index (χ1) is 8.63. The van der Waals surface area contributed by atoms with Gasteiger partial charge in [0.05, 0.1) is 13.2 Å². The molecule has 1 aliphatic rings. The Morgan fingerprint density at radius 2 is 2.28 bits per heavy atom. The molecule has 100 valence electrons. The third-order valence-electron chi connectivity index (χ3n) is 3.00. The largest absolute Gasteiger partial charge is 0.514 e. The minimum absolute atomic E-state index is 0.0266. The number of methoxy groups -OCH3 is 2. The first-order valence-corrected chi connectivity index (χ1v) is 6.55. The van der Waals surface area contributed by atoms with E-state index in [2.05, 4.69) is 16.7 Å². The highest BCUT2D eigenvalue weighted by molar-refractivity contribution is 7.14. The van der Waals surface area contributed by atoms with Crippen LogP contribution in [-0.2, 0) is 15.9 Å². The van der Waals surface area contributed by atoms with Crippen molar-refractivity contribution in [1.29, 1.82) is 0 Å². The van der Waals surface area contributed by atoms with Gasteiger partial charge in [0.25, 0.3) is 0 Å². The number of carbonyl (C=O) groups excluding carboxylic acids is 1. The Balaban J connectivity index is 2.21. The molecule has 6 heteroatoms. The summed E-state index contributed by atoms with van der Waals surface area (Å²) in [4.78, 5) is 14.5. The van der Waals surface area contributed by atoms with Crippen LogP contribution in [0.25, 0.3) is 0 Å². The van der Waals surface area contributed by atoms with Gasteiger partial charge in [0.2, 0.25) is 0 Å². The van der Waals surface area contributed by atoms with E-state index in [0.29, 0.717) is 5.06 Å². The van der Waals surface area contributed by atoms with Gasteiger partial charge in [-0.25, -0.2) is 4.79 Å². The zero-order valence-corrected chi connectivity index (χ0v) is 11.6. The molecule has 0 bridgehead atoms. The third-order valence-corrected chi connectivity index (χ3v) is 4.09. The number of thiophene rings is 1. The number of fused-ring (bicyclic) bond motifs is 1. The number of ether oxygens (including phenoxy) is 3. The van der Waals surface area contributed by atoms with Crippen LogP contribution in [0.5, 0.6) is 5.06 Å². The average Bonchev–Trinajstić information content (AvgIpc) is 2.69. The van der Waals surface area contributed by atoms with Crippen molar-refractivity contribution in [1.82, 2.24) is 4.90 Å². The summed E-state index contributed by atoms with van der Waals surface area (Å²) in [6.07, 6.45) is 0.289. The molecule has 0 saturated carbocycles. The minimum atomic E-state index is -0.683. The molecule has 0 saturated heterocycles. The lowest BCUT2D eigenvalue weighted by Gasteiger charge is -2.18. The van der Waals surface area contributed by atoms with Crippen LogP contribution >= 0.6 is 11.3 Å². The fourth-order valence-electron chi connectivity index (χ4n) is 2.03. The molecule has 0 fully saturated rings. The Bertz CT molecular complexity index is 432. The van der Waals surface area contributed by atoms with Crippen molar-refractivity contribution in [3.63, 3.8) is 0 Å². The zero-order valence-electron chi connectivity index (χ0n) is 10.8. The molecule has 2 rings (SSSR count). The van der Waals surface area contributed by atoms with Crippen LogP contribution in [0.15, 0.2) is 6.07 Å². The van der Waals surface area contributed by atoms with Crippen LogP contribution in [0.2, 0.25) is 0 Å². The van der Waals surface area contributed by atoms with E-state index in [1.54, 1.807) is 7.11 Å². The van der Waals surface area contributed by atoms with Crippen LogP contribution < -0.4 is 4.74 Å². The van der Waals surface area contributed by atoms with Crippen molar-refractivity contribution < 1.29 is 19.0 Å². The van der Waals surface area contributed by atoms with Gasteiger partial charge in [0, 0.05) is 25.1 Å². The van der Waals surface area contributed by atoms with Gasteiger partial charge in [-0.2, -0.15) is 0 Å². The van der Waals surface area contributed by atoms with Crippen LogP contribution in [0.3, 0.4) is 0 Å². The fourth-order valence-corrected chi connectivity index (χ4v) is 3.07. The first kappa shape index (κ1) is 13.3. The van der Waals surface area contributed by atoms with Crippen LogP contribution in [0.4, 0.5) is 4.79 Å². The van der Waals surface area contributed by atoms with Gasteiger partial charge in [0.1, 0.15) is 0 Å². The smallest absolute Gasteiger partial charge is 0.437 e. The predicted octanol–water partition coefficient (Wildman–Crippen LogP) is 2.07. The topological polar surface area (TPSA) is 48.0 Å². The zero-order chi connectivity index (χ0) is 13.1. The molecule has 1 aromatic rings. The molecule has 1 aliphatic heterocycles.